The van der Waals surface area contributed by atoms with E-state index in [0.717, 1.165) is 16.5 Å². The first kappa shape index (κ1) is 7.38. The molecule has 1 heterocycles. The van der Waals surface area contributed by atoms with Gasteiger partial charge < -0.3 is 4.84 Å². The molecule has 0 saturated heterocycles. The second-order valence-corrected chi connectivity index (χ2v) is 3.20. The van der Waals surface area contributed by atoms with Crippen LogP contribution in [0.3, 0.4) is 0 Å². The zero-order valence-corrected chi connectivity index (χ0v) is 7.28. The normalized spacial score (nSPS) is 13.6. The van der Waals surface area contributed by atoms with Crippen molar-refractivity contribution in [1.29, 1.82) is 0 Å². The number of hydrogen-bond acceptors (Lipinski definition) is 3. The standard InChI is InChI=1S/C11H7NO2/c13-11-8-5-1-3-7-4-2-6-9(10(7)8)12-14-11/h1-6,12H. The van der Waals surface area contributed by atoms with Gasteiger partial charge in [-0.3, -0.25) is 0 Å². The molecule has 14 heavy (non-hydrogen) atoms. The average Bonchev–Trinajstić information content (AvgIpc) is 2.24. The Bertz CT molecular complexity index is 529. The van der Waals surface area contributed by atoms with Gasteiger partial charge in [0.25, 0.3) is 0 Å². The van der Waals surface area contributed by atoms with E-state index in [1.165, 1.54) is 0 Å². The Hall–Kier alpha value is -2.03. The van der Waals surface area contributed by atoms with Gasteiger partial charge in [0.2, 0.25) is 0 Å². The maximum atomic E-state index is 11.4. The summed E-state index contributed by atoms with van der Waals surface area (Å²) in [6.07, 6.45) is 0. The highest BCUT2D eigenvalue weighted by atomic mass is 16.7. The lowest BCUT2D eigenvalue weighted by Gasteiger charge is -2.17. The number of hydrogen-bond donors (Lipinski definition) is 1. The predicted octanol–water partition coefficient (Wildman–Crippen LogP) is 2.34. The van der Waals surface area contributed by atoms with Gasteiger partial charge in [-0.15, -0.1) is 0 Å². The fourth-order valence-electron chi connectivity index (χ4n) is 1.75. The largest absolute Gasteiger partial charge is 0.363 e. The molecular weight excluding hydrogens is 178 g/mol. The summed E-state index contributed by atoms with van der Waals surface area (Å²) in [7, 11) is 0. The lowest BCUT2D eigenvalue weighted by atomic mass is 10.0. The number of carbonyl (C=O) groups is 1. The summed E-state index contributed by atoms with van der Waals surface area (Å²) in [5, 5.41) is 1.98. The van der Waals surface area contributed by atoms with Crippen LogP contribution in [0.5, 0.6) is 0 Å². The highest BCUT2D eigenvalue weighted by Crippen LogP contribution is 2.30. The van der Waals surface area contributed by atoms with Crippen LogP contribution >= 0.6 is 0 Å². The maximum Gasteiger partial charge on any atom is 0.363 e. The van der Waals surface area contributed by atoms with Gasteiger partial charge in [-0.05, 0) is 17.5 Å². The zero-order chi connectivity index (χ0) is 9.54. The molecule has 0 amide bonds. The van der Waals surface area contributed by atoms with E-state index >= 15 is 0 Å². The van der Waals surface area contributed by atoms with Gasteiger partial charge in [0.15, 0.2) is 0 Å². The number of rotatable bonds is 0. The van der Waals surface area contributed by atoms with Crippen molar-refractivity contribution in [3.05, 3.63) is 42.0 Å². The first-order chi connectivity index (χ1) is 6.86. The molecular formula is C11H7NO2. The molecule has 2 aromatic rings. The summed E-state index contributed by atoms with van der Waals surface area (Å²) >= 11 is 0. The molecule has 0 atom stereocenters. The van der Waals surface area contributed by atoms with Crippen LogP contribution < -0.4 is 5.48 Å². The number of anilines is 1. The molecule has 0 radical (unpaired) electrons. The van der Waals surface area contributed by atoms with Crippen LogP contribution in [0.1, 0.15) is 10.4 Å². The van der Waals surface area contributed by atoms with Gasteiger partial charge in [-0.1, -0.05) is 24.3 Å². The molecule has 0 aromatic heterocycles. The van der Waals surface area contributed by atoms with E-state index in [2.05, 4.69) is 5.48 Å². The number of carbonyl (C=O) groups excluding carboxylic acids is 1. The summed E-state index contributed by atoms with van der Waals surface area (Å²) in [5.41, 5.74) is 4.09. The minimum absolute atomic E-state index is 0.325. The van der Waals surface area contributed by atoms with Gasteiger partial charge in [0.1, 0.15) is 0 Å². The second-order valence-electron chi connectivity index (χ2n) is 3.20. The van der Waals surface area contributed by atoms with E-state index < -0.39 is 0 Å². The van der Waals surface area contributed by atoms with Crippen molar-refractivity contribution < 1.29 is 9.63 Å². The molecule has 0 unspecified atom stereocenters. The molecule has 0 aliphatic carbocycles. The summed E-state index contributed by atoms with van der Waals surface area (Å²) in [5.74, 6) is -0.325. The highest BCUT2D eigenvalue weighted by Gasteiger charge is 2.19. The van der Waals surface area contributed by atoms with E-state index in [1.807, 2.05) is 30.3 Å². The van der Waals surface area contributed by atoms with Crippen LogP contribution in [-0.2, 0) is 4.84 Å². The Labute approximate surface area is 80.3 Å². The van der Waals surface area contributed by atoms with E-state index in [1.54, 1.807) is 6.07 Å². The van der Waals surface area contributed by atoms with Crippen LogP contribution in [0.2, 0.25) is 0 Å². The van der Waals surface area contributed by atoms with Crippen molar-refractivity contribution >= 4 is 22.4 Å². The van der Waals surface area contributed by atoms with E-state index in [9.17, 15) is 4.79 Å². The molecule has 1 N–H and O–H groups in total. The minimum atomic E-state index is -0.325. The SMILES string of the molecule is O=C1ONc2cccc3cccc1c23. The minimum Gasteiger partial charge on any atom is -0.338 e. The molecule has 68 valence electrons. The van der Waals surface area contributed by atoms with Gasteiger partial charge in [-0.25, -0.2) is 10.3 Å². The summed E-state index contributed by atoms with van der Waals surface area (Å²) in [6.45, 7) is 0. The summed E-state index contributed by atoms with van der Waals surface area (Å²) in [6, 6.07) is 11.4. The molecule has 0 spiro atoms. The van der Waals surface area contributed by atoms with Crippen LogP contribution in [0.15, 0.2) is 36.4 Å². The van der Waals surface area contributed by atoms with Gasteiger partial charge in [0, 0.05) is 5.39 Å². The molecule has 3 nitrogen and oxygen atoms in total. The van der Waals surface area contributed by atoms with Crippen LogP contribution in [0.4, 0.5) is 5.69 Å². The zero-order valence-electron chi connectivity index (χ0n) is 7.28. The quantitative estimate of drug-likeness (QED) is 0.684. The Morgan fingerprint density at radius 3 is 2.71 bits per heavy atom. The van der Waals surface area contributed by atoms with Crippen LogP contribution in [0.25, 0.3) is 10.8 Å². The lowest BCUT2D eigenvalue weighted by Crippen LogP contribution is -2.16. The van der Waals surface area contributed by atoms with Crippen molar-refractivity contribution in [2.75, 3.05) is 5.48 Å². The van der Waals surface area contributed by atoms with Crippen LogP contribution in [-0.4, -0.2) is 5.97 Å². The molecule has 0 bridgehead atoms. The second kappa shape index (κ2) is 2.48. The third-order valence-electron chi connectivity index (χ3n) is 2.38. The first-order valence-electron chi connectivity index (χ1n) is 4.35. The van der Waals surface area contributed by atoms with Crippen molar-refractivity contribution in [3.63, 3.8) is 0 Å². The van der Waals surface area contributed by atoms with Gasteiger partial charge in [-0.2, -0.15) is 0 Å². The third-order valence-corrected chi connectivity index (χ3v) is 2.38. The van der Waals surface area contributed by atoms with E-state index in [4.69, 9.17) is 4.84 Å². The molecule has 1 aliphatic heterocycles. The van der Waals surface area contributed by atoms with Crippen molar-refractivity contribution in [2.24, 2.45) is 0 Å². The summed E-state index contributed by atoms with van der Waals surface area (Å²) < 4.78 is 0. The van der Waals surface area contributed by atoms with Crippen molar-refractivity contribution in [3.8, 4) is 0 Å². The monoisotopic (exact) mass is 185 g/mol. The van der Waals surface area contributed by atoms with Crippen LogP contribution in [0, 0.1) is 0 Å². The maximum absolute atomic E-state index is 11.4. The molecule has 1 aliphatic rings. The Morgan fingerprint density at radius 2 is 1.86 bits per heavy atom. The Morgan fingerprint density at radius 1 is 1.07 bits per heavy atom. The van der Waals surface area contributed by atoms with E-state index in [0.29, 0.717) is 5.56 Å². The van der Waals surface area contributed by atoms with Crippen molar-refractivity contribution in [1.82, 2.24) is 0 Å². The Balaban J connectivity index is 2.52. The number of nitrogens with one attached hydrogen (secondary N) is 1. The molecule has 0 saturated carbocycles. The molecule has 0 fully saturated rings. The molecule has 3 heteroatoms. The number of benzene rings is 2. The van der Waals surface area contributed by atoms with Gasteiger partial charge in [0.05, 0.1) is 11.3 Å². The Kier molecular flexibility index (Phi) is 1.31. The van der Waals surface area contributed by atoms with Gasteiger partial charge >= 0.3 is 5.97 Å². The fourth-order valence-corrected chi connectivity index (χ4v) is 1.75. The average molecular weight is 185 g/mol. The summed E-state index contributed by atoms with van der Waals surface area (Å²) in [4.78, 5) is 16.2. The molecule has 3 rings (SSSR count). The topological polar surface area (TPSA) is 38.3 Å². The smallest absolute Gasteiger partial charge is 0.338 e. The third kappa shape index (κ3) is 0.836. The van der Waals surface area contributed by atoms with Crippen molar-refractivity contribution in [2.45, 2.75) is 0 Å². The lowest BCUT2D eigenvalue weighted by molar-refractivity contribution is 0.0592. The fraction of sp³-hybridized carbons (Fsp3) is 0. The predicted molar refractivity (Wildman–Crippen MR) is 53.0 cm³/mol. The molecule has 2 aromatic carbocycles. The first-order valence-corrected chi connectivity index (χ1v) is 4.35. The van der Waals surface area contributed by atoms with E-state index in [-0.39, 0.29) is 5.97 Å². The highest BCUT2D eigenvalue weighted by molar-refractivity contribution is 6.11.